The minimum Gasteiger partial charge on any atom is -0.457 e. The summed E-state index contributed by atoms with van der Waals surface area (Å²) in [5, 5.41) is 11.2. The van der Waals surface area contributed by atoms with E-state index in [2.05, 4.69) is 29.6 Å². The first-order chi connectivity index (χ1) is 14.1. The van der Waals surface area contributed by atoms with Gasteiger partial charge in [-0.05, 0) is 50.6 Å². The Morgan fingerprint density at radius 1 is 1.00 bits per heavy atom. The molecule has 3 aromatic rings. The Morgan fingerprint density at radius 2 is 1.69 bits per heavy atom. The molecule has 6 heteroatoms. The molecule has 6 nitrogen and oxygen atoms in total. The van der Waals surface area contributed by atoms with Crippen LogP contribution in [-0.2, 0) is 20.1 Å². The number of benzene rings is 2. The van der Waals surface area contributed by atoms with Gasteiger partial charge in [-0.25, -0.2) is 4.99 Å². The zero-order valence-electron chi connectivity index (χ0n) is 17.6. The Labute approximate surface area is 172 Å². The standard InChI is InChI=1S/C23H29N5O/c1-5-24-23(26-16-22-17(2)27-28(4)18(22)3)25-15-19-11-13-21(14-12-19)29-20-9-7-6-8-10-20/h6-14H,5,15-16H2,1-4H3,(H2,24,25,26). The van der Waals surface area contributed by atoms with Crippen LogP contribution in [0.4, 0.5) is 0 Å². The third-order valence-corrected chi connectivity index (χ3v) is 4.76. The van der Waals surface area contributed by atoms with E-state index in [9.17, 15) is 0 Å². The zero-order chi connectivity index (χ0) is 20.6. The summed E-state index contributed by atoms with van der Waals surface area (Å²) in [6.45, 7) is 8.27. The van der Waals surface area contributed by atoms with Gasteiger partial charge in [-0.15, -0.1) is 0 Å². The molecule has 1 aromatic heterocycles. The van der Waals surface area contributed by atoms with Gasteiger partial charge in [-0.1, -0.05) is 30.3 Å². The van der Waals surface area contributed by atoms with Gasteiger partial charge in [-0.3, -0.25) is 4.68 Å². The molecule has 0 radical (unpaired) electrons. The predicted molar refractivity (Wildman–Crippen MR) is 117 cm³/mol. The summed E-state index contributed by atoms with van der Waals surface area (Å²) in [5.41, 5.74) is 4.54. The van der Waals surface area contributed by atoms with Crippen molar-refractivity contribution in [3.8, 4) is 11.5 Å². The molecular formula is C23H29N5O. The molecule has 0 spiro atoms. The number of hydrogen-bond acceptors (Lipinski definition) is 3. The van der Waals surface area contributed by atoms with Gasteiger partial charge < -0.3 is 15.4 Å². The van der Waals surface area contributed by atoms with Gasteiger partial charge in [0.05, 0.1) is 12.2 Å². The number of guanidine groups is 1. The van der Waals surface area contributed by atoms with Crippen molar-refractivity contribution in [1.82, 2.24) is 20.4 Å². The lowest BCUT2D eigenvalue weighted by Crippen LogP contribution is -2.37. The van der Waals surface area contributed by atoms with Crippen LogP contribution in [0.1, 0.15) is 29.4 Å². The molecule has 152 valence electrons. The Balaban J connectivity index is 1.60. The first kappa shape index (κ1) is 20.5. The van der Waals surface area contributed by atoms with Gasteiger partial charge in [0, 0.05) is 31.4 Å². The lowest BCUT2D eigenvalue weighted by atomic mass is 10.2. The molecule has 0 aliphatic carbocycles. The molecule has 0 atom stereocenters. The third kappa shape index (κ3) is 5.60. The van der Waals surface area contributed by atoms with E-state index in [0.717, 1.165) is 35.3 Å². The average molecular weight is 392 g/mol. The summed E-state index contributed by atoms with van der Waals surface area (Å²) in [7, 11) is 1.97. The van der Waals surface area contributed by atoms with E-state index in [1.807, 2.05) is 73.3 Å². The van der Waals surface area contributed by atoms with E-state index < -0.39 is 0 Å². The highest BCUT2D eigenvalue weighted by atomic mass is 16.5. The van der Waals surface area contributed by atoms with E-state index in [4.69, 9.17) is 9.73 Å². The number of aliphatic imine (C=N–C) groups is 1. The Kier molecular flexibility index (Phi) is 6.89. The maximum Gasteiger partial charge on any atom is 0.191 e. The Hall–Kier alpha value is -3.28. The second-order valence-electron chi connectivity index (χ2n) is 6.88. The number of rotatable bonds is 7. The number of ether oxygens (including phenoxy) is 1. The normalized spacial score (nSPS) is 11.4. The molecule has 0 fully saturated rings. The molecule has 2 aromatic carbocycles. The average Bonchev–Trinajstić information content (AvgIpc) is 2.97. The molecule has 0 amide bonds. The summed E-state index contributed by atoms with van der Waals surface area (Å²) in [6.07, 6.45) is 0. The van der Waals surface area contributed by atoms with E-state index in [-0.39, 0.29) is 0 Å². The summed E-state index contributed by atoms with van der Waals surface area (Å²) >= 11 is 0. The van der Waals surface area contributed by atoms with Crippen molar-refractivity contribution in [1.29, 1.82) is 0 Å². The van der Waals surface area contributed by atoms with Crippen LogP contribution in [0.3, 0.4) is 0 Å². The number of para-hydroxylation sites is 1. The molecular weight excluding hydrogens is 362 g/mol. The minimum absolute atomic E-state index is 0.589. The van der Waals surface area contributed by atoms with Gasteiger partial charge in [0.2, 0.25) is 0 Å². The van der Waals surface area contributed by atoms with Crippen molar-refractivity contribution >= 4 is 5.96 Å². The fourth-order valence-corrected chi connectivity index (χ4v) is 3.05. The molecule has 29 heavy (non-hydrogen) atoms. The predicted octanol–water partition coefficient (Wildman–Crippen LogP) is 4.08. The van der Waals surface area contributed by atoms with Crippen molar-refractivity contribution in [3.05, 3.63) is 77.1 Å². The zero-order valence-corrected chi connectivity index (χ0v) is 17.6. The molecule has 0 saturated carbocycles. The summed E-state index contributed by atoms with van der Waals surface area (Å²) in [6, 6.07) is 17.8. The van der Waals surface area contributed by atoms with E-state index in [1.54, 1.807) is 0 Å². The van der Waals surface area contributed by atoms with Crippen LogP contribution in [0.5, 0.6) is 11.5 Å². The van der Waals surface area contributed by atoms with Gasteiger partial charge in [0.25, 0.3) is 0 Å². The van der Waals surface area contributed by atoms with Crippen LogP contribution in [-0.4, -0.2) is 22.3 Å². The Morgan fingerprint density at radius 3 is 2.31 bits per heavy atom. The molecule has 0 unspecified atom stereocenters. The van der Waals surface area contributed by atoms with Crippen molar-refractivity contribution in [3.63, 3.8) is 0 Å². The molecule has 0 saturated heterocycles. The molecule has 0 aliphatic heterocycles. The molecule has 0 bridgehead atoms. The maximum absolute atomic E-state index is 5.84. The topological polar surface area (TPSA) is 63.5 Å². The second kappa shape index (κ2) is 9.78. The Bertz CT molecular complexity index is 945. The molecule has 1 heterocycles. The number of nitrogens with zero attached hydrogens (tertiary/aromatic N) is 3. The summed E-state index contributed by atoms with van der Waals surface area (Å²) < 4.78 is 7.75. The smallest absolute Gasteiger partial charge is 0.191 e. The molecule has 2 N–H and O–H groups in total. The van der Waals surface area contributed by atoms with Crippen LogP contribution >= 0.6 is 0 Å². The van der Waals surface area contributed by atoms with E-state index in [1.165, 1.54) is 11.3 Å². The van der Waals surface area contributed by atoms with Gasteiger partial charge >= 0.3 is 0 Å². The fourth-order valence-electron chi connectivity index (χ4n) is 3.05. The molecule has 3 rings (SSSR count). The molecule has 0 aliphatic rings. The van der Waals surface area contributed by atoms with E-state index >= 15 is 0 Å². The first-order valence-corrected chi connectivity index (χ1v) is 9.90. The largest absolute Gasteiger partial charge is 0.457 e. The summed E-state index contributed by atoms with van der Waals surface area (Å²) in [4.78, 5) is 4.70. The van der Waals surface area contributed by atoms with Gasteiger partial charge in [-0.2, -0.15) is 5.10 Å². The highest BCUT2D eigenvalue weighted by molar-refractivity contribution is 5.79. The maximum atomic E-state index is 5.84. The van der Waals surface area contributed by atoms with Crippen LogP contribution in [0.25, 0.3) is 0 Å². The van der Waals surface area contributed by atoms with E-state index in [0.29, 0.717) is 13.1 Å². The monoisotopic (exact) mass is 391 g/mol. The first-order valence-electron chi connectivity index (χ1n) is 9.90. The van der Waals surface area contributed by atoms with Crippen molar-refractivity contribution in [2.75, 3.05) is 6.54 Å². The van der Waals surface area contributed by atoms with Gasteiger partial charge in [0.1, 0.15) is 11.5 Å². The highest BCUT2D eigenvalue weighted by Gasteiger charge is 2.09. The van der Waals surface area contributed by atoms with Crippen LogP contribution in [0, 0.1) is 13.8 Å². The number of hydrogen-bond donors (Lipinski definition) is 2. The van der Waals surface area contributed by atoms with Crippen molar-refractivity contribution in [2.24, 2.45) is 12.0 Å². The number of nitrogens with one attached hydrogen (secondary N) is 2. The van der Waals surface area contributed by atoms with Crippen molar-refractivity contribution < 1.29 is 4.74 Å². The number of aromatic nitrogens is 2. The lowest BCUT2D eigenvalue weighted by Gasteiger charge is -2.12. The van der Waals surface area contributed by atoms with Crippen LogP contribution in [0.2, 0.25) is 0 Å². The highest BCUT2D eigenvalue weighted by Crippen LogP contribution is 2.21. The van der Waals surface area contributed by atoms with Crippen molar-refractivity contribution in [2.45, 2.75) is 33.9 Å². The summed E-state index contributed by atoms with van der Waals surface area (Å²) in [5.74, 6) is 2.44. The third-order valence-electron chi connectivity index (χ3n) is 4.76. The van der Waals surface area contributed by atoms with Gasteiger partial charge in [0.15, 0.2) is 5.96 Å². The number of aryl methyl sites for hydroxylation is 2. The second-order valence-corrected chi connectivity index (χ2v) is 6.88. The minimum atomic E-state index is 0.589. The van der Waals surface area contributed by atoms with Crippen LogP contribution in [0.15, 0.2) is 59.6 Å². The quantitative estimate of drug-likeness (QED) is 0.470. The lowest BCUT2D eigenvalue weighted by molar-refractivity contribution is 0.482. The van der Waals surface area contributed by atoms with Crippen LogP contribution < -0.4 is 15.4 Å². The SMILES string of the molecule is CCNC(=NCc1ccc(Oc2ccccc2)cc1)NCc1c(C)nn(C)c1C. The fraction of sp³-hybridized carbons (Fsp3) is 0.304.